The minimum atomic E-state index is 0.789. The van der Waals surface area contributed by atoms with Crippen LogP contribution in [0.2, 0.25) is 0 Å². The molecule has 1 fully saturated rings. The number of nitrogens with one attached hydrogen (secondary N) is 1. The molecule has 0 amide bonds. The number of rotatable bonds is 6. The van der Waals surface area contributed by atoms with Gasteiger partial charge in [-0.2, -0.15) is 0 Å². The van der Waals surface area contributed by atoms with Crippen molar-refractivity contribution < 1.29 is 0 Å². The Morgan fingerprint density at radius 2 is 2.20 bits per heavy atom. The summed E-state index contributed by atoms with van der Waals surface area (Å²) in [5.41, 5.74) is 0. The highest BCUT2D eigenvalue weighted by molar-refractivity contribution is 4.81. The van der Waals surface area contributed by atoms with Crippen molar-refractivity contribution in [3.8, 4) is 0 Å². The van der Waals surface area contributed by atoms with Crippen molar-refractivity contribution in [1.82, 2.24) is 10.2 Å². The number of nitrogens with zero attached hydrogens (tertiary/aromatic N) is 1. The lowest BCUT2D eigenvalue weighted by Crippen LogP contribution is -2.46. The lowest BCUT2D eigenvalue weighted by molar-refractivity contribution is 0.0923. The summed E-state index contributed by atoms with van der Waals surface area (Å²) < 4.78 is 0. The van der Waals surface area contributed by atoms with Gasteiger partial charge in [0.15, 0.2) is 0 Å². The fourth-order valence-electron chi connectivity index (χ4n) is 2.81. The van der Waals surface area contributed by atoms with Crippen molar-refractivity contribution in [2.24, 2.45) is 0 Å². The van der Waals surface area contributed by atoms with Gasteiger partial charge < -0.3 is 5.32 Å². The summed E-state index contributed by atoms with van der Waals surface area (Å²) in [6.45, 7) is 7.19. The summed E-state index contributed by atoms with van der Waals surface area (Å²) in [6.07, 6.45) is 8.25. The van der Waals surface area contributed by atoms with Gasteiger partial charge in [0.2, 0.25) is 0 Å². The Bertz CT molecular complexity index is 159. The minimum absolute atomic E-state index is 0.789. The summed E-state index contributed by atoms with van der Waals surface area (Å²) in [7, 11) is 2.06. The Kier molecular flexibility index (Phi) is 6.26. The van der Waals surface area contributed by atoms with E-state index in [1.54, 1.807) is 0 Å². The van der Waals surface area contributed by atoms with Crippen LogP contribution in [0.3, 0.4) is 0 Å². The summed E-state index contributed by atoms with van der Waals surface area (Å²) in [5, 5.41) is 3.28. The molecule has 90 valence electrons. The third-order valence-electron chi connectivity index (χ3n) is 3.67. The first-order valence-corrected chi connectivity index (χ1v) is 6.70. The van der Waals surface area contributed by atoms with Crippen LogP contribution in [0.25, 0.3) is 0 Å². The molecule has 0 bridgehead atoms. The monoisotopic (exact) mass is 212 g/mol. The number of likely N-dealkylation sites (tertiary alicyclic amines) is 1. The summed E-state index contributed by atoms with van der Waals surface area (Å²) in [5.74, 6) is 0. The molecule has 2 heteroatoms. The van der Waals surface area contributed by atoms with Crippen LogP contribution in [0.5, 0.6) is 0 Å². The zero-order valence-corrected chi connectivity index (χ0v) is 10.8. The normalized spacial score (nSPS) is 25.4. The van der Waals surface area contributed by atoms with Gasteiger partial charge in [-0.3, -0.25) is 4.90 Å². The van der Waals surface area contributed by atoms with Crippen LogP contribution in [0.1, 0.15) is 52.4 Å². The third-order valence-corrected chi connectivity index (χ3v) is 3.67. The van der Waals surface area contributed by atoms with E-state index < -0.39 is 0 Å². The molecule has 15 heavy (non-hydrogen) atoms. The van der Waals surface area contributed by atoms with E-state index in [-0.39, 0.29) is 0 Å². The second kappa shape index (κ2) is 7.24. The van der Waals surface area contributed by atoms with Crippen LogP contribution >= 0.6 is 0 Å². The maximum atomic E-state index is 3.28. The SMILES string of the molecule is CCCC(C)N1CCCCC1CCNC. The van der Waals surface area contributed by atoms with Gasteiger partial charge >= 0.3 is 0 Å². The molecular formula is C13H28N2. The predicted molar refractivity (Wildman–Crippen MR) is 67.3 cm³/mol. The van der Waals surface area contributed by atoms with Gasteiger partial charge in [0, 0.05) is 12.1 Å². The van der Waals surface area contributed by atoms with E-state index in [0.29, 0.717) is 0 Å². The third kappa shape index (κ3) is 4.12. The van der Waals surface area contributed by atoms with Gasteiger partial charge in [-0.15, -0.1) is 0 Å². The molecule has 1 saturated heterocycles. The minimum Gasteiger partial charge on any atom is -0.320 e. The first-order chi connectivity index (χ1) is 7.29. The van der Waals surface area contributed by atoms with Crippen molar-refractivity contribution in [3.63, 3.8) is 0 Å². The van der Waals surface area contributed by atoms with Crippen LogP contribution in [-0.2, 0) is 0 Å². The first kappa shape index (κ1) is 13.0. The number of hydrogen-bond donors (Lipinski definition) is 1. The Hall–Kier alpha value is -0.0800. The molecule has 0 spiro atoms. The van der Waals surface area contributed by atoms with Crippen LogP contribution in [0.4, 0.5) is 0 Å². The van der Waals surface area contributed by atoms with E-state index in [1.165, 1.54) is 51.6 Å². The lowest BCUT2D eigenvalue weighted by atomic mass is 9.96. The molecule has 0 saturated carbocycles. The second-order valence-electron chi connectivity index (χ2n) is 4.92. The molecule has 0 aliphatic carbocycles. The summed E-state index contributed by atoms with van der Waals surface area (Å²) in [6, 6.07) is 1.63. The average Bonchev–Trinajstić information content (AvgIpc) is 2.27. The maximum Gasteiger partial charge on any atom is 0.0110 e. The van der Waals surface area contributed by atoms with E-state index in [2.05, 4.69) is 31.1 Å². The van der Waals surface area contributed by atoms with Gasteiger partial charge in [0.25, 0.3) is 0 Å². The number of hydrogen-bond acceptors (Lipinski definition) is 2. The van der Waals surface area contributed by atoms with Crippen molar-refractivity contribution in [2.75, 3.05) is 20.1 Å². The topological polar surface area (TPSA) is 15.3 Å². The maximum absolute atomic E-state index is 3.28. The van der Waals surface area contributed by atoms with Gasteiger partial charge in [-0.25, -0.2) is 0 Å². The number of piperidine rings is 1. The molecule has 0 aromatic carbocycles. The standard InChI is InChI=1S/C13H28N2/c1-4-7-12(2)15-11-6-5-8-13(15)9-10-14-3/h12-14H,4-11H2,1-3H3. The smallest absolute Gasteiger partial charge is 0.0110 e. The Balaban J connectivity index is 2.41. The van der Waals surface area contributed by atoms with Crippen molar-refractivity contribution in [3.05, 3.63) is 0 Å². The lowest BCUT2D eigenvalue weighted by Gasteiger charge is -2.40. The molecule has 2 atom stereocenters. The molecular weight excluding hydrogens is 184 g/mol. The summed E-state index contributed by atoms with van der Waals surface area (Å²) >= 11 is 0. The predicted octanol–water partition coefficient (Wildman–Crippen LogP) is 2.64. The van der Waals surface area contributed by atoms with E-state index in [4.69, 9.17) is 0 Å². The zero-order chi connectivity index (χ0) is 11.1. The molecule has 1 aliphatic heterocycles. The van der Waals surface area contributed by atoms with Crippen LogP contribution in [0.15, 0.2) is 0 Å². The Morgan fingerprint density at radius 3 is 2.87 bits per heavy atom. The molecule has 1 N–H and O–H groups in total. The molecule has 0 aromatic rings. The van der Waals surface area contributed by atoms with Gasteiger partial charge in [-0.1, -0.05) is 19.8 Å². The molecule has 1 rings (SSSR count). The zero-order valence-electron chi connectivity index (χ0n) is 10.8. The van der Waals surface area contributed by atoms with Gasteiger partial charge in [0.1, 0.15) is 0 Å². The Morgan fingerprint density at radius 1 is 1.40 bits per heavy atom. The second-order valence-corrected chi connectivity index (χ2v) is 4.92. The molecule has 0 aromatic heterocycles. The fraction of sp³-hybridized carbons (Fsp3) is 1.00. The molecule has 0 radical (unpaired) electrons. The first-order valence-electron chi connectivity index (χ1n) is 6.70. The molecule has 1 aliphatic rings. The largest absolute Gasteiger partial charge is 0.320 e. The highest BCUT2D eigenvalue weighted by atomic mass is 15.2. The molecule has 2 unspecified atom stereocenters. The van der Waals surface area contributed by atoms with E-state index in [9.17, 15) is 0 Å². The Labute approximate surface area is 95.4 Å². The van der Waals surface area contributed by atoms with E-state index in [1.807, 2.05) is 0 Å². The van der Waals surface area contributed by atoms with Gasteiger partial charge in [-0.05, 0) is 52.7 Å². The van der Waals surface area contributed by atoms with Gasteiger partial charge in [0.05, 0.1) is 0 Å². The van der Waals surface area contributed by atoms with E-state index >= 15 is 0 Å². The van der Waals surface area contributed by atoms with Crippen LogP contribution in [-0.4, -0.2) is 37.1 Å². The average molecular weight is 212 g/mol. The quantitative estimate of drug-likeness (QED) is 0.728. The van der Waals surface area contributed by atoms with Crippen molar-refractivity contribution in [1.29, 1.82) is 0 Å². The fourth-order valence-corrected chi connectivity index (χ4v) is 2.81. The van der Waals surface area contributed by atoms with Crippen molar-refractivity contribution >= 4 is 0 Å². The van der Waals surface area contributed by atoms with Crippen LogP contribution < -0.4 is 5.32 Å². The molecule has 2 nitrogen and oxygen atoms in total. The van der Waals surface area contributed by atoms with Crippen LogP contribution in [0, 0.1) is 0 Å². The summed E-state index contributed by atoms with van der Waals surface area (Å²) in [4.78, 5) is 2.75. The molecule has 1 heterocycles. The highest BCUT2D eigenvalue weighted by Crippen LogP contribution is 2.23. The van der Waals surface area contributed by atoms with Crippen molar-refractivity contribution in [2.45, 2.75) is 64.5 Å². The highest BCUT2D eigenvalue weighted by Gasteiger charge is 2.25. The van der Waals surface area contributed by atoms with E-state index in [0.717, 1.165) is 12.1 Å².